The summed E-state index contributed by atoms with van der Waals surface area (Å²) in [7, 11) is 0. The van der Waals surface area contributed by atoms with E-state index in [1.54, 1.807) is 0 Å². The first kappa shape index (κ1) is 12.4. The van der Waals surface area contributed by atoms with Crippen LogP contribution in [0.2, 0.25) is 0 Å². The Hall–Kier alpha value is -1.09. The van der Waals surface area contributed by atoms with Crippen molar-refractivity contribution in [1.82, 2.24) is 9.88 Å². The van der Waals surface area contributed by atoms with Gasteiger partial charge in [0, 0.05) is 38.9 Å². The molecule has 0 spiro atoms. The zero-order valence-corrected chi connectivity index (χ0v) is 11.0. The highest BCUT2D eigenvalue weighted by Crippen LogP contribution is 2.15. The Balaban J connectivity index is 1.82. The first-order chi connectivity index (χ1) is 8.29. The predicted octanol–water partition coefficient (Wildman–Crippen LogP) is 2.25. The van der Waals surface area contributed by atoms with E-state index in [9.17, 15) is 0 Å². The Morgan fingerprint density at radius 3 is 2.65 bits per heavy atom. The van der Waals surface area contributed by atoms with E-state index < -0.39 is 0 Å². The topological polar surface area (TPSA) is 19.4 Å². The molecule has 1 fully saturated rings. The third kappa shape index (κ3) is 3.43. The lowest BCUT2D eigenvalue weighted by Gasteiger charge is -2.36. The highest BCUT2D eigenvalue weighted by Gasteiger charge is 2.18. The average molecular weight is 233 g/mol. The van der Waals surface area contributed by atoms with Crippen molar-refractivity contribution in [2.24, 2.45) is 5.92 Å². The molecule has 3 nitrogen and oxygen atoms in total. The number of nitrogens with zero attached hydrogens (tertiary/aromatic N) is 3. The van der Waals surface area contributed by atoms with Gasteiger partial charge in [0.15, 0.2) is 0 Å². The lowest BCUT2D eigenvalue weighted by atomic mass is 10.1. The zero-order valence-electron chi connectivity index (χ0n) is 11.0. The van der Waals surface area contributed by atoms with Crippen molar-refractivity contribution in [2.75, 3.05) is 37.6 Å². The first-order valence-electron chi connectivity index (χ1n) is 6.67. The highest BCUT2D eigenvalue weighted by molar-refractivity contribution is 5.43. The molecule has 2 rings (SSSR count). The van der Waals surface area contributed by atoms with Gasteiger partial charge in [0.05, 0.1) is 11.9 Å². The second kappa shape index (κ2) is 6.01. The molecule has 1 unspecified atom stereocenters. The van der Waals surface area contributed by atoms with Crippen LogP contribution in [0.15, 0.2) is 24.5 Å². The van der Waals surface area contributed by atoms with Crippen LogP contribution in [-0.2, 0) is 0 Å². The molecular formula is C14H23N3. The molecule has 1 aromatic heterocycles. The molecule has 17 heavy (non-hydrogen) atoms. The van der Waals surface area contributed by atoms with Crippen LogP contribution >= 0.6 is 0 Å². The monoisotopic (exact) mass is 233 g/mol. The van der Waals surface area contributed by atoms with Crippen LogP contribution < -0.4 is 4.90 Å². The van der Waals surface area contributed by atoms with Crippen molar-refractivity contribution in [3.63, 3.8) is 0 Å². The van der Waals surface area contributed by atoms with Crippen molar-refractivity contribution in [2.45, 2.75) is 20.3 Å². The van der Waals surface area contributed by atoms with Crippen molar-refractivity contribution in [3.05, 3.63) is 24.5 Å². The number of aromatic nitrogens is 1. The molecule has 1 aromatic rings. The quantitative estimate of drug-likeness (QED) is 0.795. The summed E-state index contributed by atoms with van der Waals surface area (Å²) in [5.74, 6) is 0.819. The van der Waals surface area contributed by atoms with Crippen LogP contribution in [0.5, 0.6) is 0 Å². The van der Waals surface area contributed by atoms with Gasteiger partial charge in [-0.2, -0.15) is 0 Å². The summed E-state index contributed by atoms with van der Waals surface area (Å²) < 4.78 is 0. The maximum atomic E-state index is 4.19. The van der Waals surface area contributed by atoms with Gasteiger partial charge in [0.2, 0.25) is 0 Å². The lowest BCUT2D eigenvalue weighted by molar-refractivity contribution is 0.222. The molecular weight excluding hydrogens is 210 g/mol. The number of rotatable bonds is 4. The Morgan fingerprint density at radius 2 is 2.06 bits per heavy atom. The molecule has 0 amide bonds. The van der Waals surface area contributed by atoms with Gasteiger partial charge in [0.25, 0.3) is 0 Å². The van der Waals surface area contributed by atoms with Crippen LogP contribution in [0.3, 0.4) is 0 Å². The number of hydrogen-bond acceptors (Lipinski definition) is 3. The number of anilines is 1. The SMILES string of the molecule is CCC(C)CN1CCN(c2cccnc2)CC1. The first-order valence-corrected chi connectivity index (χ1v) is 6.67. The van der Waals surface area contributed by atoms with Crippen LogP contribution in [0.25, 0.3) is 0 Å². The van der Waals surface area contributed by atoms with Gasteiger partial charge in [-0.05, 0) is 18.1 Å². The van der Waals surface area contributed by atoms with Crippen LogP contribution in [0.1, 0.15) is 20.3 Å². The largest absolute Gasteiger partial charge is 0.368 e. The minimum atomic E-state index is 0.819. The molecule has 2 heterocycles. The van der Waals surface area contributed by atoms with Gasteiger partial charge in [-0.15, -0.1) is 0 Å². The van der Waals surface area contributed by atoms with Crippen LogP contribution in [0, 0.1) is 5.92 Å². The maximum absolute atomic E-state index is 4.19. The van der Waals surface area contributed by atoms with Crippen molar-refractivity contribution in [1.29, 1.82) is 0 Å². The Kier molecular flexibility index (Phi) is 4.37. The van der Waals surface area contributed by atoms with Gasteiger partial charge < -0.3 is 4.90 Å². The minimum absolute atomic E-state index is 0.819. The summed E-state index contributed by atoms with van der Waals surface area (Å²) >= 11 is 0. The molecule has 1 aliphatic heterocycles. The van der Waals surface area contributed by atoms with E-state index in [0.29, 0.717) is 0 Å². The van der Waals surface area contributed by atoms with Crippen molar-refractivity contribution >= 4 is 5.69 Å². The second-order valence-corrected chi connectivity index (χ2v) is 5.01. The fourth-order valence-corrected chi connectivity index (χ4v) is 2.30. The van der Waals surface area contributed by atoms with Crippen molar-refractivity contribution < 1.29 is 0 Å². The molecule has 0 radical (unpaired) electrons. The molecule has 1 atom stereocenters. The molecule has 0 bridgehead atoms. The molecule has 0 N–H and O–H groups in total. The highest BCUT2D eigenvalue weighted by atomic mass is 15.3. The standard InChI is InChI=1S/C14H23N3/c1-3-13(2)12-16-7-9-17(10-8-16)14-5-4-6-15-11-14/h4-6,11,13H,3,7-10,12H2,1-2H3. The predicted molar refractivity (Wildman–Crippen MR) is 72.3 cm³/mol. The average Bonchev–Trinajstić information content (AvgIpc) is 2.40. The number of piperazine rings is 1. The summed E-state index contributed by atoms with van der Waals surface area (Å²) in [5, 5.41) is 0. The lowest BCUT2D eigenvalue weighted by Crippen LogP contribution is -2.47. The summed E-state index contributed by atoms with van der Waals surface area (Å²) in [6, 6.07) is 4.16. The van der Waals surface area contributed by atoms with E-state index in [-0.39, 0.29) is 0 Å². The number of hydrogen-bond donors (Lipinski definition) is 0. The van der Waals surface area contributed by atoms with Gasteiger partial charge in [0.1, 0.15) is 0 Å². The molecule has 0 aliphatic carbocycles. The van der Waals surface area contributed by atoms with Gasteiger partial charge >= 0.3 is 0 Å². The Labute approximate surface area is 104 Å². The summed E-state index contributed by atoms with van der Waals surface area (Å²) in [6.07, 6.45) is 5.08. The third-order valence-electron chi connectivity index (χ3n) is 3.65. The molecule has 3 heteroatoms. The fourth-order valence-electron chi connectivity index (χ4n) is 2.30. The summed E-state index contributed by atoms with van der Waals surface area (Å²) in [5.41, 5.74) is 1.26. The van der Waals surface area contributed by atoms with Gasteiger partial charge in [-0.3, -0.25) is 9.88 Å². The van der Waals surface area contributed by atoms with Gasteiger partial charge in [-0.1, -0.05) is 20.3 Å². The minimum Gasteiger partial charge on any atom is -0.368 e. The summed E-state index contributed by atoms with van der Waals surface area (Å²) in [4.78, 5) is 9.20. The van der Waals surface area contributed by atoms with Gasteiger partial charge in [-0.25, -0.2) is 0 Å². The van der Waals surface area contributed by atoms with E-state index in [4.69, 9.17) is 0 Å². The van der Waals surface area contributed by atoms with Crippen LogP contribution in [0.4, 0.5) is 5.69 Å². The summed E-state index contributed by atoms with van der Waals surface area (Å²) in [6.45, 7) is 10.5. The van der Waals surface area contributed by atoms with E-state index in [1.807, 2.05) is 18.5 Å². The molecule has 94 valence electrons. The fraction of sp³-hybridized carbons (Fsp3) is 0.643. The van der Waals surface area contributed by atoms with Crippen LogP contribution in [-0.4, -0.2) is 42.6 Å². The van der Waals surface area contributed by atoms with E-state index in [2.05, 4.69) is 34.7 Å². The van der Waals surface area contributed by atoms with E-state index in [0.717, 1.165) is 19.0 Å². The smallest absolute Gasteiger partial charge is 0.0553 e. The normalized spacial score (nSPS) is 19.3. The third-order valence-corrected chi connectivity index (χ3v) is 3.65. The molecule has 0 aromatic carbocycles. The Bertz CT molecular complexity index is 317. The molecule has 1 saturated heterocycles. The maximum Gasteiger partial charge on any atom is 0.0553 e. The molecule has 0 saturated carbocycles. The molecule has 1 aliphatic rings. The van der Waals surface area contributed by atoms with E-state index >= 15 is 0 Å². The van der Waals surface area contributed by atoms with E-state index in [1.165, 1.54) is 31.7 Å². The van der Waals surface area contributed by atoms with Crippen molar-refractivity contribution in [3.8, 4) is 0 Å². The second-order valence-electron chi connectivity index (χ2n) is 5.01. The number of pyridine rings is 1. The Morgan fingerprint density at radius 1 is 1.29 bits per heavy atom. The zero-order chi connectivity index (χ0) is 12.1.